The van der Waals surface area contributed by atoms with Crippen LogP contribution in [0, 0.1) is 23.5 Å². The highest BCUT2D eigenvalue weighted by Gasteiger charge is 2.36. The molecule has 0 aliphatic heterocycles. The first-order valence-electron chi connectivity index (χ1n) is 11.5. The molecule has 2 aromatic rings. The van der Waals surface area contributed by atoms with Gasteiger partial charge in [-0.3, -0.25) is 0 Å². The van der Waals surface area contributed by atoms with Crippen LogP contribution in [0.3, 0.4) is 0 Å². The number of ether oxygens (including phenoxy) is 2. The molecule has 4 unspecified atom stereocenters. The highest BCUT2D eigenvalue weighted by molar-refractivity contribution is 5.65. The van der Waals surface area contributed by atoms with Crippen LogP contribution in [0.25, 0.3) is 11.1 Å². The summed E-state index contributed by atoms with van der Waals surface area (Å²) in [5, 5.41) is 0. The third-order valence-corrected chi connectivity index (χ3v) is 7.03. The third-order valence-electron chi connectivity index (χ3n) is 7.03. The summed E-state index contributed by atoms with van der Waals surface area (Å²) in [6, 6.07) is 10.0. The van der Waals surface area contributed by atoms with Gasteiger partial charge in [-0.25, -0.2) is 8.78 Å². The van der Waals surface area contributed by atoms with Gasteiger partial charge in [-0.05, 0) is 92.5 Å². The lowest BCUT2D eigenvalue weighted by molar-refractivity contribution is -0.00956. The molecule has 0 amide bonds. The first-order valence-corrected chi connectivity index (χ1v) is 11.5. The van der Waals surface area contributed by atoms with Gasteiger partial charge in [0, 0.05) is 12.2 Å². The maximum absolute atomic E-state index is 15.0. The minimum atomic E-state index is -0.496. The Morgan fingerprint density at radius 1 is 0.968 bits per heavy atom. The second-order valence-corrected chi connectivity index (χ2v) is 8.90. The molecule has 31 heavy (non-hydrogen) atoms. The number of benzene rings is 2. The molecule has 0 saturated heterocycles. The van der Waals surface area contributed by atoms with Crippen molar-refractivity contribution in [1.29, 1.82) is 0 Å². The van der Waals surface area contributed by atoms with Crippen LogP contribution in [0.1, 0.15) is 56.9 Å². The summed E-state index contributed by atoms with van der Waals surface area (Å²) < 4.78 is 40.5. The van der Waals surface area contributed by atoms with Gasteiger partial charge in [0.1, 0.15) is 12.4 Å². The Kier molecular flexibility index (Phi) is 7.06. The van der Waals surface area contributed by atoms with E-state index in [0.717, 1.165) is 43.3 Å². The monoisotopic (exact) mass is 426 g/mol. The first kappa shape index (κ1) is 22.0. The minimum absolute atomic E-state index is 0.150. The average Bonchev–Trinajstić information content (AvgIpc) is 2.78. The molecule has 2 aliphatic rings. The lowest BCUT2D eigenvalue weighted by Crippen LogP contribution is -2.33. The molecule has 0 radical (unpaired) electrons. The van der Waals surface area contributed by atoms with Crippen LogP contribution in [0.5, 0.6) is 5.75 Å². The van der Waals surface area contributed by atoms with E-state index in [1.165, 1.54) is 25.3 Å². The number of fused-ring (bicyclic) bond motifs is 1. The standard InChI is InChI=1S/C27H32F2O2/c1-3-13-31-27-12-9-22(17-26(27)29)24-11-8-21(16-25(24)28)18-5-6-20-15-23(30-4-2)10-7-19(20)14-18/h3,8-9,11-12,16-20,23H,1,4-7,10,13-15H2,2H3. The van der Waals surface area contributed by atoms with Crippen LogP contribution in [0.4, 0.5) is 8.78 Å². The molecule has 0 N–H and O–H groups in total. The molecule has 2 fully saturated rings. The third kappa shape index (κ3) is 5.01. The van der Waals surface area contributed by atoms with Crippen molar-refractivity contribution in [2.45, 2.75) is 57.5 Å². The Hall–Kier alpha value is -2.20. The van der Waals surface area contributed by atoms with Crippen molar-refractivity contribution in [2.24, 2.45) is 11.8 Å². The highest BCUT2D eigenvalue weighted by atomic mass is 19.1. The maximum Gasteiger partial charge on any atom is 0.165 e. The topological polar surface area (TPSA) is 18.5 Å². The normalized spacial score (nSPS) is 25.6. The smallest absolute Gasteiger partial charge is 0.165 e. The molecule has 2 aliphatic carbocycles. The zero-order chi connectivity index (χ0) is 21.8. The van der Waals surface area contributed by atoms with E-state index in [9.17, 15) is 4.39 Å². The predicted octanol–water partition coefficient (Wildman–Crippen LogP) is 7.29. The van der Waals surface area contributed by atoms with Crippen molar-refractivity contribution in [1.82, 2.24) is 0 Å². The van der Waals surface area contributed by atoms with Crippen LogP contribution >= 0.6 is 0 Å². The molecule has 0 spiro atoms. The van der Waals surface area contributed by atoms with Crippen molar-refractivity contribution < 1.29 is 18.3 Å². The quantitative estimate of drug-likeness (QED) is 0.433. The second kappa shape index (κ2) is 9.95. The van der Waals surface area contributed by atoms with Gasteiger partial charge in [0.05, 0.1) is 6.10 Å². The van der Waals surface area contributed by atoms with E-state index in [0.29, 0.717) is 23.1 Å². The Labute approximate surface area is 184 Å². The van der Waals surface area contributed by atoms with E-state index in [4.69, 9.17) is 9.47 Å². The van der Waals surface area contributed by atoms with Gasteiger partial charge in [-0.2, -0.15) is 0 Å². The zero-order valence-electron chi connectivity index (χ0n) is 18.3. The summed E-state index contributed by atoms with van der Waals surface area (Å²) in [4.78, 5) is 0. The van der Waals surface area contributed by atoms with Gasteiger partial charge in [0.15, 0.2) is 11.6 Å². The van der Waals surface area contributed by atoms with Crippen LogP contribution in [-0.4, -0.2) is 19.3 Å². The average molecular weight is 427 g/mol. The van der Waals surface area contributed by atoms with E-state index in [2.05, 4.69) is 13.5 Å². The highest BCUT2D eigenvalue weighted by Crippen LogP contribution is 2.47. The molecule has 0 aromatic heterocycles. The van der Waals surface area contributed by atoms with Crippen LogP contribution < -0.4 is 4.74 Å². The van der Waals surface area contributed by atoms with E-state index >= 15 is 4.39 Å². The fourth-order valence-corrected chi connectivity index (χ4v) is 5.49. The minimum Gasteiger partial charge on any atom is -0.486 e. The molecule has 166 valence electrons. The Balaban J connectivity index is 1.45. The van der Waals surface area contributed by atoms with Crippen LogP contribution in [-0.2, 0) is 4.74 Å². The maximum atomic E-state index is 15.0. The molecular weight excluding hydrogens is 394 g/mol. The van der Waals surface area contributed by atoms with Gasteiger partial charge >= 0.3 is 0 Å². The lowest BCUT2D eigenvalue weighted by Gasteiger charge is -2.42. The summed E-state index contributed by atoms with van der Waals surface area (Å²) in [5.41, 5.74) is 2.01. The molecule has 2 saturated carbocycles. The van der Waals surface area contributed by atoms with Crippen molar-refractivity contribution in [3.8, 4) is 16.9 Å². The molecular formula is C27H32F2O2. The van der Waals surface area contributed by atoms with Crippen molar-refractivity contribution >= 4 is 0 Å². The summed E-state index contributed by atoms with van der Waals surface area (Å²) in [7, 11) is 0. The van der Waals surface area contributed by atoms with Gasteiger partial charge in [-0.1, -0.05) is 30.9 Å². The molecule has 2 aromatic carbocycles. The molecule has 4 atom stereocenters. The van der Waals surface area contributed by atoms with Gasteiger partial charge in [0.2, 0.25) is 0 Å². The largest absolute Gasteiger partial charge is 0.486 e. The fraction of sp³-hybridized carbons (Fsp3) is 0.481. The molecule has 0 heterocycles. The van der Waals surface area contributed by atoms with E-state index in [1.807, 2.05) is 6.07 Å². The summed E-state index contributed by atoms with van der Waals surface area (Å²) >= 11 is 0. The fourth-order valence-electron chi connectivity index (χ4n) is 5.49. The van der Waals surface area contributed by atoms with E-state index < -0.39 is 5.82 Å². The zero-order valence-corrected chi connectivity index (χ0v) is 18.3. The molecule has 4 rings (SSSR count). The molecule has 4 heteroatoms. The van der Waals surface area contributed by atoms with E-state index in [1.54, 1.807) is 30.3 Å². The van der Waals surface area contributed by atoms with Gasteiger partial charge < -0.3 is 9.47 Å². The Bertz CT molecular complexity index is 910. The van der Waals surface area contributed by atoms with Crippen molar-refractivity contribution in [2.75, 3.05) is 13.2 Å². The number of rotatable bonds is 7. The van der Waals surface area contributed by atoms with Crippen LogP contribution in [0.15, 0.2) is 49.1 Å². The number of halogens is 2. The SMILES string of the molecule is C=CCOc1ccc(-c2ccc(C3CCC4CC(OCC)CCC4C3)cc2F)cc1F. The Morgan fingerprint density at radius 2 is 1.77 bits per heavy atom. The van der Waals surface area contributed by atoms with Gasteiger partial charge in [0.25, 0.3) is 0 Å². The molecule has 0 bridgehead atoms. The second-order valence-electron chi connectivity index (χ2n) is 8.90. The van der Waals surface area contributed by atoms with Crippen molar-refractivity contribution in [3.05, 3.63) is 66.3 Å². The summed E-state index contributed by atoms with van der Waals surface area (Å²) in [5.74, 6) is 1.23. The number of hydrogen-bond acceptors (Lipinski definition) is 2. The van der Waals surface area contributed by atoms with Crippen molar-refractivity contribution in [3.63, 3.8) is 0 Å². The summed E-state index contributed by atoms with van der Waals surface area (Å²) in [6.07, 6.45) is 8.95. The first-order chi connectivity index (χ1) is 15.1. The van der Waals surface area contributed by atoms with Gasteiger partial charge in [-0.15, -0.1) is 0 Å². The summed E-state index contributed by atoms with van der Waals surface area (Å²) in [6.45, 7) is 6.66. The predicted molar refractivity (Wildman–Crippen MR) is 120 cm³/mol. The van der Waals surface area contributed by atoms with E-state index in [-0.39, 0.29) is 18.2 Å². The lowest BCUT2D eigenvalue weighted by atomic mass is 9.65. The molecule has 2 nitrogen and oxygen atoms in total. The number of hydrogen-bond donors (Lipinski definition) is 0. The van der Waals surface area contributed by atoms with Crippen LogP contribution in [0.2, 0.25) is 0 Å². The Morgan fingerprint density at radius 3 is 2.52 bits per heavy atom.